The van der Waals surface area contributed by atoms with Crippen LogP contribution in [-0.2, 0) is 4.79 Å². The van der Waals surface area contributed by atoms with E-state index in [2.05, 4.69) is 22.8 Å². The molecule has 26 heavy (non-hydrogen) atoms. The average Bonchev–Trinajstić information content (AvgIpc) is 2.98. The van der Waals surface area contributed by atoms with Crippen LogP contribution in [0.3, 0.4) is 0 Å². The molecule has 1 atom stereocenters. The van der Waals surface area contributed by atoms with E-state index in [1.54, 1.807) is 16.7 Å². The number of thioether (sulfide) groups is 1. The normalized spacial score (nSPS) is 16.6. The number of urea groups is 1. The molecule has 1 aliphatic rings. The van der Waals surface area contributed by atoms with Crippen molar-refractivity contribution < 1.29 is 9.59 Å². The van der Waals surface area contributed by atoms with Crippen LogP contribution in [0.2, 0.25) is 0 Å². The predicted molar refractivity (Wildman–Crippen MR) is 107 cm³/mol. The maximum absolute atomic E-state index is 12.1. The number of carbonyl (C=O) groups is 2. The molecule has 2 aromatic rings. The molecule has 0 bridgehead atoms. The van der Waals surface area contributed by atoms with E-state index in [9.17, 15) is 9.59 Å². The lowest BCUT2D eigenvalue weighted by atomic mass is 10.2. The van der Waals surface area contributed by atoms with Crippen LogP contribution >= 0.6 is 11.8 Å². The SMILES string of the molecule is CC1CCC(=O)N1c1cccc(NC(=O)NCCSc2ccccc2)c1. The highest BCUT2D eigenvalue weighted by atomic mass is 32.2. The molecule has 0 spiro atoms. The quantitative estimate of drug-likeness (QED) is 0.595. The molecule has 0 radical (unpaired) electrons. The Morgan fingerprint density at radius 1 is 1.19 bits per heavy atom. The monoisotopic (exact) mass is 369 g/mol. The maximum atomic E-state index is 12.1. The number of hydrogen-bond donors (Lipinski definition) is 2. The van der Waals surface area contributed by atoms with E-state index in [0.29, 0.717) is 18.7 Å². The number of benzene rings is 2. The van der Waals surface area contributed by atoms with Crippen molar-refractivity contribution in [2.75, 3.05) is 22.5 Å². The molecule has 1 saturated heterocycles. The zero-order valence-electron chi connectivity index (χ0n) is 14.8. The minimum atomic E-state index is -0.239. The summed E-state index contributed by atoms with van der Waals surface area (Å²) < 4.78 is 0. The van der Waals surface area contributed by atoms with Gasteiger partial charge in [0.2, 0.25) is 5.91 Å². The van der Waals surface area contributed by atoms with Gasteiger partial charge in [-0.3, -0.25) is 4.79 Å². The standard InChI is InChI=1S/C20H23N3O2S/c1-15-10-11-19(24)23(15)17-7-5-6-16(14-17)22-20(25)21-12-13-26-18-8-3-2-4-9-18/h2-9,14-15H,10-13H2,1H3,(H2,21,22,25). The summed E-state index contributed by atoms with van der Waals surface area (Å²) in [6, 6.07) is 17.5. The molecule has 3 amide bonds. The summed E-state index contributed by atoms with van der Waals surface area (Å²) in [6.45, 7) is 2.62. The minimum absolute atomic E-state index is 0.136. The van der Waals surface area contributed by atoms with Crippen molar-refractivity contribution in [1.82, 2.24) is 5.32 Å². The van der Waals surface area contributed by atoms with Crippen LogP contribution in [0, 0.1) is 0 Å². The maximum Gasteiger partial charge on any atom is 0.319 e. The molecule has 3 rings (SSSR count). The Bertz CT molecular complexity index is 767. The zero-order chi connectivity index (χ0) is 18.4. The second kappa shape index (κ2) is 8.76. The van der Waals surface area contributed by atoms with Gasteiger partial charge in [0, 0.05) is 41.0 Å². The lowest BCUT2D eigenvalue weighted by Crippen LogP contribution is -2.32. The van der Waals surface area contributed by atoms with Gasteiger partial charge in [-0.2, -0.15) is 0 Å². The molecule has 2 aromatic carbocycles. The Morgan fingerprint density at radius 3 is 2.73 bits per heavy atom. The van der Waals surface area contributed by atoms with Crippen LogP contribution in [0.5, 0.6) is 0 Å². The molecular formula is C20H23N3O2S. The highest BCUT2D eigenvalue weighted by Crippen LogP contribution is 2.28. The molecular weight excluding hydrogens is 346 g/mol. The summed E-state index contributed by atoms with van der Waals surface area (Å²) in [6.07, 6.45) is 1.45. The van der Waals surface area contributed by atoms with E-state index in [0.717, 1.165) is 17.9 Å². The van der Waals surface area contributed by atoms with E-state index >= 15 is 0 Å². The Hall–Kier alpha value is -2.47. The lowest BCUT2D eigenvalue weighted by Gasteiger charge is -2.22. The van der Waals surface area contributed by atoms with Gasteiger partial charge in [-0.05, 0) is 43.7 Å². The summed E-state index contributed by atoms with van der Waals surface area (Å²) in [5.41, 5.74) is 1.51. The molecule has 1 unspecified atom stereocenters. The number of nitrogens with zero attached hydrogens (tertiary/aromatic N) is 1. The smallest absolute Gasteiger partial charge is 0.319 e. The largest absolute Gasteiger partial charge is 0.337 e. The van der Waals surface area contributed by atoms with Crippen LogP contribution in [0.15, 0.2) is 59.5 Å². The van der Waals surface area contributed by atoms with Crippen LogP contribution in [0.4, 0.5) is 16.2 Å². The predicted octanol–water partition coefficient (Wildman–Crippen LogP) is 4.12. The first kappa shape index (κ1) is 18.3. The van der Waals surface area contributed by atoms with Crippen molar-refractivity contribution in [1.29, 1.82) is 0 Å². The van der Waals surface area contributed by atoms with Gasteiger partial charge in [0.15, 0.2) is 0 Å². The molecule has 0 aromatic heterocycles. The molecule has 1 heterocycles. The van der Waals surface area contributed by atoms with Crippen LogP contribution < -0.4 is 15.5 Å². The number of anilines is 2. The van der Waals surface area contributed by atoms with Crippen molar-refractivity contribution in [3.8, 4) is 0 Å². The first-order chi connectivity index (χ1) is 12.6. The first-order valence-electron chi connectivity index (χ1n) is 8.78. The molecule has 2 N–H and O–H groups in total. The van der Waals surface area contributed by atoms with Crippen LogP contribution in [-0.4, -0.2) is 30.3 Å². The van der Waals surface area contributed by atoms with Crippen LogP contribution in [0.25, 0.3) is 0 Å². The molecule has 1 aliphatic heterocycles. The number of carbonyl (C=O) groups excluding carboxylic acids is 2. The Balaban J connectivity index is 1.48. The number of rotatable bonds is 6. The van der Waals surface area contributed by atoms with E-state index in [4.69, 9.17) is 0 Å². The summed E-state index contributed by atoms with van der Waals surface area (Å²) in [5.74, 6) is 0.939. The number of amides is 3. The lowest BCUT2D eigenvalue weighted by molar-refractivity contribution is -0.117. The van der Waals surface area contributed by atoms with Gasteiger partial charge in [0.05, 0.1) is 0 Å². The molecule has 6 heteroatoms. The third-order valence-electron chi connectivity index (χ3n) is 4.27. The summed E-state index contributed by atoms with van der Waals surface area (Å²) >= 11 is 1.70. The van der Waals surface area contributed by atoms with Gasteiger partial charge >= 0.3 is 6.03 Å². The van der Waals surface area contributed by atoms with Gasteiger partial charge in [0.25, 0.3) is 0 Å². The van der Waals surface area contributed by atoms with E-state index in [1.807, 2.05) is 49.4 Å². The van der Waals surface area contributed by atoms with Gasteiger partial charge in [-0.1, -0.05) is 24.3 Å². The molecule has 0 saturated carbocycles. The second-order valence-electron chi connectivity index (χ2n) is 6.24. The van der Waals surface area contributed by atoms with Crippen molar-refractivity contribution in [2.24, 2.45) is 0 Å². The van der Waals surface area contributed by atoms with Crippen molar-refractivity contribution in [3.63, 3.8) is 0 Å². The highest BCUT2D eigenvalue weighted by Gasteiger charge is 2.28. The molecule has 5 nitrogen and oxygen atoms in total. The number of nitrogens with one attached hydrogen (secondary N) is 2. The van der Waals surface area contributed by atoms with E-state index < -0.39 is 0 Å². The third kappa shape index (κ3) is 4.79. The van der Waals surface area contributed by atoms with Crippen molar-refractivity contribution in [3.05, 3.63) is 54.6 Å². The fourth-order valence-corrected chi connectivity index (χ4v) is 3.77. The van der Waals surface area contributed by atoms with Crippen molar-refractivity contribution >= 4 is 35.1 Å². The molecule has 1 fully saturated rings. The fourth-order valence-electron chi connectivity index (χ4n) is 2.99. The second-order valence-corrected chi connectivity index (χ2v) is 7.41. The average molecular weight is 369 g/mol. The summed E-state index contributed by atoms with van der Waals surface area (Å²) in [7, 11) is 0. The van der Waals surface area contributed by atoms with E-state index in [1.165, 1.54) is 4.90 Å². The van der Waals surface area contributed by atoms with Gasteiger partial charge in [-0.15, -0.1) is 11.8 Å². The number of hydrogen-bond acceptors (Lipinski definition) is 3. The topological polar surface area (TPSA) is 61.4 Å². The minimum Gasteiger partial charge on any atom is -0.337 e. The summed E-state index contributed by atoms with van der Waals surface area (Å²) in [4.78, 5) is 27.1. The Labute approximate surface area is 158 Å². The summed E-state index contributed by atoms with van der Waals surface area (Å²) in [5, 5.41) is 5.69. The Kier molecular flexibility index (Phi) is 6.17. The molecule has 0 aliphatic carbocycles. The van der Waals surface area contributed by atoms with Gasteiger partial charge in [0.1, 0.15) is 0 Å². The van der Waals surface area contributed by atoms with E-state index in [-0.39, 0.29) is 18.0 Å². The van der Waals surface area contributed by atoms with Crippen molar-refractivity contribution in [2.45, 2.75) is 30.7 Å². The fraction of sp³-hybridized carbons (Fsp3) is 0.300. The molecule has 136 valence electrons. The van der Waals surface area contributed by atoms with Crippen LogP contribution in [0.1, 0.15) is 19.8 Å². The van der Waals surface area contributed by atoms with Gasteiger partial charge < -0.3 is 15.5 Å². The highest BCUT2D eigenvalue weighted by molar-refractivity contribution is 7.99. The zero-order valence-corrected chi connectivity index (χ0v) is 15.6. The Morgan fingerprint density at radius 2 is 2.00 bits per heavy atom. The van der Waals surface area contributed by atoms with Gasteiger partial charge in [-0.25, -0.2) is 4.79 Å². The third-order valence-corrected chi connectivity index (χ3v) is 5.28. The first-order valence-corrected chi connectivity index (χ1v) is 9.77.